The van der Waals surface area contributed by atoms with Crippen LogP contribution in [0.3, 0.4) is 0 Å². The Morgan fingerprint density at radius 3 is 2.84 bits per heavy atom. The third-order valence-electron chi connectivity index (χ3n) is 3.74. The Balaban J connectivity index is 2.05. The normalized spacial score (nSPS) is 23.7. The molecule has 2 rings (SSSR count). The molecule has 1 saturated heterocycles. The summed E-state index contributed by atoms with van der Waals surface area (Å²) in [5, 5.41) is 8.98. The second-order valence-electron chi connectivity index (χ2n) is 5.09. The van der Waals surface area contributed by atoms with Crippen LogP contribution < -0.4 is 0 Å². The van der Waals surface area contributed by atoms with E-state index in [0.29, 0.717) is 11.7 Å². The minimum atomic E-state index is 0.277. The Morgan fingerprint density at radius 1 is 1.47 bits per heavy atom. The van der Waals surface area contributed by atoms with E-state index in [4.69, 9.17) is 14.7 Å². The molecule has 5 nitrogen and oxygen atoms in total. The molecule has 0 radical (unpaired) electrons. The summed E-state index contributed by atoms with van der Waals surface area (Å²) in [6.07, 6.45) is 3.30. The number of hydrogen-bond donors (Lipinski definition) is 0. The molecule has 0 amide bonds. The molecular weight excluding hydrogens is 242 g/mol. The van der Waals surface area contributed by atoms with Crippen molar-refractivity contribution < 1.29 is 9.47 Å². The van der Waals surface area contributed by atoms with Gasteiger partial charge in [0.1, 0.15) is 11.8 Å². The topological polar surface area (TPSA) is 50.4 Å². The second kappa shape index (κ2) is 6.20. The van der Waals surface area contributed by atoms with Gasteiger partial charge >= 0.3 is 0 Å². The highest BCUT2D eigenvalue weighted by Crippen LogP contribution is 2.23. The van der Waals surface area contributed by atoms with Gasteiger partial charge < -0.3 is 14.0 Å². The summed E-state index contributed by atoms with van der Waals surface area (Å²) in [7, 11) is 5.39. The maximum atomic E-state index is 8.98. The first kappa shape index (κ1) is 14.1. The SMILES string of the molecule is COC[C@@H]1C[C@@H](OC)CN1Cc1cc(C#N)n(C)c1. The number of nitriles is 1. The van der Waals surface area contributed by atoms with Gasteiger partial charge in [0.15, 0.2) is 0 Å². The van der Waals surface area contributed by atoms with E-state index >= 15 is 0 Å². The maximum Gasteiger partial charge on any atom is 0.120 e. The predicted octanol–water partition coefficient (Wildman–Crippen LogP) is 1.13. The van der Waals surface area contributed by atoms with Crippen LogP contribution in [0.4, 0.5) is 0 Å². The van der Waals surface area contributed by atoms with Gasteiger partial charge in [0, 0.05) is 46.6 Å². The van der Waals surface area contributed by atoms with E-state index in [1.807, 2.05) is 23.9 Å². The van der Waals surface area contributed by atoms with Crippen LogP contribution in [0.2, 0.25) is 0 Å². The fourth-order valence-electron chi connectivity index (χ4n) is 2.73. The monoisotopic (exact) mass is 263 g/mol. The molecule has 0 unspecified atom stereocenters. The Morgan fingerprint density at radius 2 is 2.26 bits per heavy atom. The number of likely N-dealkylation sites (tertiary alicyclic amines) is 1. The molecular formula is C14H21N3O2. The van der Waals surface area contributed by atoms with Gasteiger partial charge in [-0.25, -0.2) is 0 Å². The van der Waals surface area contributed by atoms with Crippen LogP contribution in [-0.2, 0) is 23.1 Å². The zero-order valence-electron chi connectivity index (χ0n) is 11.8. The average molecular weight is 263 g/mol. The van der Waals surface area contributed by atoms with Gasteiger partial charge in [-0.3, -0.25) is 4.90 Å². The summed E-state index contributed by atoms with van der Waals surface area (Å²) in [6.45, 7) is 2.47. The Kier molecular flexibility index (Phi) is 4.59. The highest BCUT2D eigenvalue weighted by atomic mass is 16.5. The summed E-state index contributed by atoms with van der Waals surface area (Å²) < 4.78 is 12.6. The summed E-state index contributed by atoms with van der Waals surface area (Å²) in [6, 6.07) is 4.53. The first-order chi connectivity index (χ1) is 9.17. The van der Waals surface area contributed by atoms with Crippen LogP contribution >= 0.6 is 0 Å². The lowest BCUT2D eigenvalue weighted by molar-refractivity contribution is 0.106. The van der Waals surface area contributed by atoms with E-state index in [1.165, 1.54) is 0 Å². The van der Waals surface area contributed by atoms with Crippen LogP contribution in [0.5, 0.6) is 0 Å². The van der Waals surface area contributed by atoms with Gasteiger partial charge in [0.2, 0.25) is 0 Å². The highest BCUT2D eigenvalue weighted by molar-refractivity contribution is 5.28. The first-order valence-electron chi connectivity index (χ1n) is 6.49. The minimum Gasteiger partial charge on any atom is -0.383 e. The van der Waals surface area contributed by atoms with Gasteiger partial charge in [0.05, 0.1) is 12.7 Å². The van der Waals surface area contributed by atoms with Crippen LogP contribution in [0, 0.1) is 11.3 Å². The molecule has 1 aliphatic rings. The Hall–Kier alpha value is -1.35. The Bertz CT molecular complexity index is 464. The van der Waals surface area contributed by atoms with E-state index in [0.717, 1.165) is 31.7 Å². The number of hydrogen-bond acceptors (Lipinski definition) is 4. The summed E-state index contributed by atoms with van der Waals surface area (Å²) in [4.78, 5) is 2.37. The van der Waals surface area contributed by atoms with Crippen molar-refractivity contribution >= 4 is 0 Å². The van der Waals surface area contributed by atoms with Crippen LogP contribution in [-0.4, -0.2) is 49.0 Å². The molecule has 1 aromatic rings. The van der Waals surface area contributed by atoms with Crippen molar-refractivity contribution in [1.29, 1.82) is 5.26 Å². The molecule has 2 heterocycles. The van der Waals surface area contributed by atoms with Gasteiger partial charge in [-0.05, 0) is 18.1 Å². The van der Waals surface area contributed by atoms with E-state index in [-0.39, 0.29) is 6.10 Å². The molecule has 0 N–H and O–H groups in total. The number of rotatable bonds is 5. The van der Waals surface area contributed by atoms with Crippen molar-refractivity contribution in [3.05, 3.63) is 23.5 Å². The molecule has 0 saturated carbocycles. The van der Waals surface area contributed by atoms with Gasteiger partial charge in [0.25, 0.3) is 0 Å². The molecule has 104 valence electrons. The average Bonchev–Trinajstić information content (AvgIpc) is 2.94. The second-order valence-corrected chi connectivity index (χ2v) is 5.09. The van der Waals surface area contributed by atoms with Crippen LogP contribution in [0.15, 0.2) is 12.3 Å². The molecule has 5 heteroatoms. The lowest BCUT2D eigenvalue weighted by Crippen LogP contribution is -2.32. The molecule has 1 aliphatic heterocycles. The molecule has 19 heavy (non-hydrogen) atoms. The smallest absolute Gasteiger partial charge is 0.120 e. The quantitative estimate of drug-likeness (QED) is 0.799. The van der Waals surface area contributed by atoms with Crippen LogP contribution in [0.1, 0.15) is 17.7 Å². The van der Waals surface area contributed by atoms with E-state index < -0.39 is 0 Å². The third-order valence-corrected chi connectivity index (χ3v) is 3.74. The van der Waals surface area contributed by atoms with Crippen molar-refractivity contribution in [3.63, 3.8) is 0 Å². The number of aromatic nitrogens is 1. The van der Waals surface area contributed by atoms with Crippen LogP contribution in [0.25, 0.3) is 0 Å². The summed E-state index contributed by atoms with van der Waals surface area (Å²) in [5.41, 5.74) is 1.86. The maximum absolute atomic E-state index is 8.98. The van der Waals surface area contributed by atoms with E-state index in [1.54, 1.807) is 14.2 Å². The third kappa shape index (κ3) is 3.16. The zero-order valence-corrected chi connectivity index (χ0v) is 11.8. The molecule has 1 aromatic heterocycles. The predicted molar refractivity (Wildman–Crippen MR) is 71.6 cm³/mol. The minimum absolute atomic E-state index is 0.277. The summed E-state index contributed by atoms with van der Waals surface area (Å²) >= 11 is 0. The van der Waals surface area contributed by atoms with Crippen molar-refractivity contribution in [2.45, 2.75) is 25.1 Å². The van der Waals surface area contributed by atoms with Gasteiger partial charge in [-0.2, -0.15) is 5.26 Å². The Labute approximate surface area is 114 Å². The fourth-order valence-corrected chi connectivity index (χ4v) is 2.73. The largest absolute Gasteiger partial charge is 0.383 e. The first-order valence-corrected chi connectivity index (χ1v) is 6.49. The summed E-state index contributed by atoms with van der Waals surface area (Å²) in [5.74, 6) is 0. The molecule has 0 spiro atoms. The van der Waals surface area contributed by atoms with Gasteiger partial charge in [-0.15, -0.1) is 0 Å². The number of ether oxygens (including phenoxy) is 2. The van der Waals surface area contributed by atoms with Crippen molar-refractivity contribution in [1.82, 2.24) is 9.47 Å². The molecule has 0 bridgehead atoms. The number of nitrogens with zero attached hydrogens (tertiary/aromatic N) is 3. The highest BCUT2D eigenvalue weighted by Gasteiger charge is 2.32. The number of aryl methyl sites for hydroxylation is 1. The van der Waals surface area contributed by atoms with E-state index in [2.05, 4.69) is 11.0 Å². The molecule has 0 aliphatic carbocycles. The fraction of sp³-hybridized carbons (Fsp3) is 0.643. The lowest BCUT2D eigenvalue weighted by Gasteiger charge is -2.22. The standard InChI is InChI=1S/C14H21N3O2/c1-16-7-11(4-12(16)6-15)8-17-9-14(19-3)5-13(17)10-18-2/h4,7,13-14H,5,8-10H2,1-3H3/t13-,14+/m0/s1. The van der Waals surface area contributed by atoms with Crippen molar-refractivity contribution in [2.75, 3.05) is 27.4 Å². The van der Waals surface area contributed by atoms with E-state index in [9.17, 15) is 0 Å². The van der Waals surface area contributed by atoms with Crippen molar-refractivity contribution in [2.24, 2.45) is 7.05 Å². The van der Waals surface area contributed by atoms with Gasteiger partial charge in [-0.1, -0.05) is 0 Å². The van der Waals surface area contributed by atoms with Crippen molar-refractivity contribution in [3.8, 4) is 6.07 Å². The zero-order chi connectivity index (χ0) is 13.8. The lowest BCUT2D eigenvalue weighted by atomic mass is 10.2. The number of methoxy groups -OCH3 is 2. The molecule has 1 fully saturated rings. The molecule has 0 aromatic carbocycles. The molecule has 2 atom stereocenters.